The summed E-state index contributed by atoms with van der Waals surface area (Å²) >= 11 is 0. The molecule has 0 fully saturated rings. The third-order valence-electron chi connectivity index (χ3n) is 2.38. The van der Waals surface area contributed by atoms with Gasteiger partial charge >= 0.3 is 5.97 Å². The maximum Gasteiger partial charge on any atom is 0.308 e. The molecule has 3 nitrogen and oxygen atoms in total. The highest BCUT2D eigenvalue weighted by molar-refractivity contribution is 5.70. The van der Waals surface area contributed by atoms with Crippen molar-refractivity contribution in [2.24, 2.45) is 0 Å². The lowest BCUT2D eigenvalue weighted by atomic mass is 9.99. The first-order valence-corrected chi connectivity index (χ1v) is 5.01. The van der Waals surface area contributed by atoms with Crippen molar-refractivity contribution >= 4 is 5.97 Å². The van der Waals surface area contributed by atoms with Crippen molar-refractivity contribution in [3.8, 4) is 0 Å². The van der Waals surface area contributed by atoms with E-state index < -0.39 is 12.1 Å². The van der Waals surface area contributed by atoms with Crippen molar-refractivity contribution < 1.29 is 14.6 Å². The Labute approximate surface area is 89.7 Å². The Balaban J connectivity index is 2.80. The van der Waals surface area contributed by atoms with Gasteiger partial charge in [0.25, 0.3) is 0 Å². The molecule has 1 atom stereocenters. The predicted molar refractivity (Wildman–Crippen MR) is 57.4 cm³/mol. The number of hydrogen-bond donors (Lipinski definition) is 1. The number of carbonyl (C=O) groups is 1. The van der Waals surface area contributed by atoms with Gasteiger partial charge in [-0.1, -0.05) is 31.2 Å². The first kappa shape index (κ1) is 11.7. The summed E-state index contributed by atoms with van der Waals surface area (Å²) in [4.78, 5) is 11.0. The average molecular weight is 208 g/mol. The molecule has 0 radical (unpaired) electrons. The second kappa shape index (κ2) is 5.51. The number of methoxy groups -OCH3 is 1. The molecule has 1 N–H and O–H groups in total. The van der Waals surface area contributed by atoms with Gasteiger partial charge in [-0.25, -0.2) is 0 Å². The van der Waals surface area contributed by atoms with Crippen LogP contribution in [0.5, 0.6) is 0 Å². The molecule has 1 aromatic rings. The number of rotatable bonds is 4. The van der Waals surface area contributed by atoms with Crippen LogP contribution in [0.4, 0.5) is 0 Å². The van der Waals surface area contributed by atoms with Crippen molar-refractivity contribution in [2.75, 3.05) is 7.11 Å². The van der Waals surface area contributed by atoms with Crippen molar-refractivity contribution in [2.45, 2.75) is 25.9 Å². The van der Waals surface area contributed by atoms with Crippen molar-refractivity contribution in [3.05, 3.63) is 35.4 Å². The van der Waals surface area contributed by atoms with Crippen LogP contribution in [0.2, 0.25) is 0 Å². The van der Waals surface area contributed by atoms with Crippen LogP contribution in [0.15, 0.2) is 24.3 Å². The first-order chi connectivity index (χ1) is 7.19. The molecule has 0 saturated heterocycles. The van der Waals surface area contributed by atoms with Gasteiger partial charge in [0.15, 0.2) is 0 Å². The van der Waals surface area contributed by atoms with Crippen molar-refractivity contribution in [1.82, 2.24) is 0 Å². The Morgan fingerprint density at radius 2 is 2.13 bits per heavy atom. The molecule has 0 aliphatic carbocycles. The van der Waals surface area contributed by atoms with Crippen LogP contribution < -0.4 is 0 Å². The number of aryl methyl sites for hydroxylation is 1. The van der Waals surface area contributed by atoms with E-state index in [4.69, 9.17) is 0 Å². The highest BCUT2D eigenvalue weighted by atomic mass is 16.5. The van der Waals surface area contributed by atoms with Gasteiger partial charge < -0.3 is 9.84 Å². The maximum atomic E-state index is 11.0. The van der Waals surface area contributed by atoms with Crippen LogP contribution >= 0.6 is 0 Å². The average Bonchev–Trinajstić information content (AvgIpc) is 2.28. The molecule has 82 valence electrons. The largest absolute Gasteiger partial charge is 0.469 e. The molecule has 15 heavy (non-hydrogen) atoms. The minimum atomic E-state index is -0.770. The standard InChI is InChI=1S/C12H16O3/c1-3-9-6-4-5-7-10(9)11(13)8-12(14)15-2/h4-7,11,13H,3,8H2,1-2H3. The molecule has 0 aromatic heterocycles. The fourth-order valence-corrected chi connectivity index (χ4v) is 1.53. The zero-order valence-corrected chi connectivity index (χ0v) is 9.06. The van der Waals surface area contributed by atoms with E-state index in [0.717, 1.165) is 17.5 Å². The normalized spacial score (nSPS) is 12.2. The molecule has 0 aliphatic rings. The monoisotopic (exact) mass is 208 g/mol. The molecule has 0 spiro atoms. The third-order valence-corrected chi connectivity index (χ3v) is 2.38. The Bertz CT molecular complexity index is 333. The topological polar surface area (TPSA) is 46.5 Å². The van der Waals surface area contributed by atoms with Crippen LogP contribution in [0.3, 0.4) is 0 Å². The minimum Gasteiger partial charge on any atom is -0.469 e. The Morgan fingerprint density at radius 3 is 2.73 bits per heavy atom. The van der Waals surface area contributed by atoms with Crippen LogP contribution in [0.1, 0.15) is 30.6 Å². The summed E-state index contributed by atoms with van der Waals surface area (Å²) in [6, 6.07) is 7.57. The Hall–Kier alpha value is -1.35. The molecular formula is C12H16O3. The van der Waals surface area contributed by atoms with E-state index in [2.05, 4.69) is 4.74 Å². The zero-order chi connectivity index (χ0) is 11.3. The molecule has 1 aromatic carbocycles. The van der Waals surface area contributed by atoms with Crippen LogP contribution in [-0.4, -0.2) is 18.2 Å². The number of aliphatic hydroxyl groups excluding tert-OH is 1. The molecule has 1 unspecified atom stereocenters. The molecular weight excluding hydrogens is 192 g/mol. The number of carbonyl (C=O) groups excluding carboxylic acids is 1. The van der Waals surface area contributed by atoms with Crippen LogP contribution in [-0.2, 0) is 16.0 Å². The fraction of sp³-hybridized carbons (Fsp3) is 0.417. The third kappa shape index (κ3) is 3.06. The summed E-state index contributed by atoms with van der Waals surface area (Å²) in [6.07, 6.45) is 0.0793. The summed E-state index contributed by atoms with van der Waals surface area (Å²) < 4.78 is 4.52. The fourth-order valence-electron chi connectivity index (χ4n) is 1.53. The van der Waals surface area contributed by atoms with E-state index in [9.17, 15) is 9.90 Å². The van der Waals surface area contributed by atoms with Gasteiger partial charge in [-0.2, -0.15) is 0 Å². The Kier molecular flexibility index (Phi) is 4.31. The van der Waals surface area contributed by atoms with E-state index in [1.54, 1.807) is 0 Å². The molecule has 0 bridgehead atoms. The molecule has 1 rings (SSSR count). The summed E-state index contributed by atoms with van der Waals surface area (Å²) in [7, 11) is 1.32. The number of ether oxygens (including phenoxy) is 1. The van der Waals surface area contributed by atoms with E-state index >= 15 is 0 Å². The lowest BCUT2D eigenvalue weighted by Crippen LogP contribution is -2.09. The molecule has 0 amide bonds. The summed E-state index contributed by atoms with van der Waals surface area (Å²) in [5, 5.41) is 9.83. The highest BCUT2D eigenvalue weighted by Crippen LogP contribution is 2.21. The summed E-state index contributed by atoms with van der Waals surface area (Å²) in [5.74, 6) is -0.395. The predicted octanol–water partition coefficient (Wildman–Crippen LogP) is 1.85. The minimum absolute atomic E-state index is 0.00745. The van der Waals surface area contributed by atoms with Gasteiger partial charge in [0.05, 0.1) is 19.6 Å². The van der Waals surface area contributed by atoms with Gasteiger partial charge in [0.1, 0.15) is 0 Å². The summed E-state index contributed by atoms with van der Waals surface area (Å²) in [6.45, 7) is 2.02. The smallest absolute Gasteiger partial charge is 0.308 e. The maximum absolute atomic E-state index is 11.0. The van der Waals surface area contributed by atoms with Gasteiger partial charge in [0, 0.05) is 0 Å². The molecule has 0 saturated carbocycles. The van der Waals surface area contributed by atoms with E-state index in [1.807, 2.05) is 31.2 Å². The van der Waals surface area contributed by atoms with Gasteiger partial charge in [-0.3, -0.25) is 4.79 Å². The summed E-state index contributed by atoms with van der Waals surface area (Å²) in [5.41, 5.74) is 1.87. The molecule has 0 aliphatic heterocycles. The number of aliphatic hydroxyl groups is 1. The van der Waals surface area contributed by atoms with E-state index in [1.165, 1.54) is 7.11 Å². The highest BCUT2D eigenvalue weighted by Gasteiger charge is 2.15. The molecule has 0 heterocycles. The SMILES string of the molecule is CCc1ccccc1C(O)CC(=O)OC. The van der Waals surface area contributed by atoms with Gasteiger partial charge in [-0.05, 0) is 17.5 Å². The lowest BCUT2D eigenvalue weighted by molar-refractivity contribution is -0.142. The first-order valence-electron chi connectivity index (χ1n) is 5.01. The second-order valence-corrected chi connectivity index (χ2v) is 3.35. The zero-order valence-electron chi connectivity index (χ0n) is 9.06. The van der Waals surface area contributed by atoms with E-state index in [-0.39, 0.29) is 6.42 Å². The quantitative estimate of drug-likeness (QED) is 0.768. The van der Waals surface area contributed by atoms with Gasteiger partial charge in [0.2, 0.25) is 0 Å². The van der Waals surface area contributed by atoms with Crippen LogP contribution in [0.25, 0.3) is 0 Å². The molecule has 3 heteroatoms. The van der Waals surface area contributed by atoms with Crippen molar-refractivity contribution in [1.29, 1.82) is 0 Å². The van der Waals surface area contributed by atoms with E-state index in [0.29, 0.717) is 0 Å². The Morgan fingerprint density at radius 1 is 1.47 bits per heavy atom. The van der Waals surface area contributed by atoms with Gasteiger partial charge in [-0.15, -0.1) is 0 Å². The number of benzene rings is 1. The van der Waals surface area contributed by atoms with Crippen LogP contribution in [0, 0.1) is 0 Å². The lowest BCUT2D eigenvalue weighted by Gasteiger charge is -2.13. The van der Waals surface area contributed by atoms with Crippen molar-refractivity contribution in [3.63, 3.8) is 0 Å². The number of hydrogen-bond acceptors (Lipinski definition) is 3. The number of esters is 1. The second-order valence-electron chi connectivity index (χ2n) is 3.35.